The number of anilines is 1. The Kier molecular flexibility index (Phi) is 7.45. The molecular formula is C20H18Br2N2O3. The maximum atomic E-state index is 12.4. The van der Waals surface area contributed by atoms with E-state index < -0.39 is 5.91 Å². The minimum atomic E-state index is -0.489. The Morgan fingerprint density at radius 3 is 2.44 bits per heavy atom. The van der Waals surface area contributed by atoms with Gasteiger partial charge < -0.3 is 14.8 Å². The number of nitrogens with one attached hydrogen (secondary N) is 1. The summed E-state index contributed by atoms with van der Waals surface area (Å²) in [5.41, 5.74) is 1.21. The van der Waals surface area contributed by atoms with Crippen LogP contribution in [0.2, 0.25) is 0 Å². The Hall–Kier alpha value is -2.30. The Morgan fingerprint density at radius 1 is 1.22 bits per heavy atom. The molecule has 27 heavy (non-hydrogen) atoms. The quantitative estimate of drug-likeness (QED) is 0.422. The maximum Gasteiger partial charge on any atom is 0.266 e. The zero-order valence-corrected chi connectivity index (χ0v) is 18.2. The third-order valence-corrected chi connectivity index (χ3v) is 4.50. The van der Waals surface area contributed by atoms with Crippen LogP contribution in [0.3, 0.4) is 0 Å². The van der Waals surface area contributed by atoms with Gasteiger partial charge in [0.1, 0.15) is 11.6 Å². The highest BCUT2D eigenvalue weighted by atomic mass is 79.9. The van der Waals surface area contributed by atoms with Gasteiger partial charge in [-0.15, -0.1) is 0 Å². The predicted octanol–water partition coefficient (Wildman–Crippen LogP) is 5.55. The van der Waals surface area contributed by atoms with Gasteiger partial charge in [0.05, 0.1) is 17.7 Å². The number of carbonyl (C=O) groups is 1. The molecule has 0 saturated carbocycles. The largest absolute Gasteiger partial charge is 0.493 e. The van der Waals surface area contributed by atoms with Gasteiger partial charge in [-0.3, -0.25) is 4.79 Å². The second-order valence-electron chi connectivity index (χ2n) is 5.83. The fourth-order valence-corrected chi connectivity index (χ4v) is 3.04. The molecule has 1 amide bonds. The first-order valence-corrected chi connectivity index (χ1v) is 9.65. The Labute approximate surface area is 175 Å². The van der Waals surface area contributed by atoms with Gasteiger partial charge in [-0.1, -0.05) is 15.9 Å². The van der Waals surface area contributed by atoms with Gasteiger partial charge >= 0.3 is 0 Å². The highest BCUT2D eigenvalue weighted by Gasteiger charge is 2.15. The Balaban J connectivity index is 2.31. The number of nitrogens with zero attached hydrogens (tertiary/aromatic N) is 1. The van der Waals surface area contributed by atoms with Crippen molar-refractivity contribution in [3.63, 3.8) is 0 Å². The number of ether oxygens (including phenoxy) is 2. The molecule has 0 fully saturated rings. The molecule has 5 nitrogen and oxygen atoms in total. The molecule has 140 valence electrons. The molecule has 2 aromatic rings. The van der Waals surface area contributed by atoms with Crippen molar-refractivity contribution in [2.24, 2.45) is 0 Å². The molecule has 2 aromatic carbocycles. The molecule has 0 aromatic heterocycles. The van der Waals surface area contributed by atoms with Crippen LogP contribution in [0.15, 0.2) is 50.9 Å². The first-order valence-electron chi connectivity index (χ1n) is 8.07. The summed E-state index contributed by atoms with van der Waals surface area (Å²) in [6.45, 7) is 3.83. The van der Waals surface area contributed by atoms with Crippen molar-refractivity contribution in [3.05, 3.63) is 56.5 Å². The fraction of sp³-hybridized carbons (Fsp3) is 0.200. The van der Waals surface area contributed by atoms with Gasteiger partial charge in [0.15, 0.2) is 11.5 Å². The third kappa shape index (κ3) is 5.84. The van der Waals surface area contributed by atoms with Crippen LogP contribution in [0.25, 0.3) is 6.08 Å². The number of nitriles is 1. The van der Waals surface area contributed by atoms with E-state index in [2.05, 4.69) is 37.2 Å². The summed E-state index contributed by atoms with van der Waals surface area (Å²) < 4.78 is 12.7. The number of hydrogen-bond acceptors (Lipinski definition) is 4. The van der Waals surface area contributed by atoms with Gasteiger partial charge in [0.25, 0.3) is 5.91 Å². The first kappa shape index (κ1) is 21.0. The number of rotatable bonds is 6. The van der Waals surface area contributed by atoms with Crippen molar-refractivity contribution in [2.45, 2.75) is 20.0 Å². The number of methoxy groups -OCH3 is 1. The number of halogens is 2. The van der Waals surface area contributed by atoms with Crippen LogP contribution in [-0.2, 0) is 4.79 Å². The Bertz CT molecular complexity index is 901. The van der Waals surface area contributed by atoms with Gasteiger partial charge in [-0.2, -0.15) is 5.26 Å². The summed E-state index contributed by atoms with van der Waals surface area (Å²) in [6, 6.07) is 12.5. The zero-order chi connectivity index (χ0) is 20.0. The normalized spacial score (nSPS) is 11.1. The van der Waals surface area contributed by atoms with Crippen molar-refractivity contribution < 1.29 is 14.3 Å². The molecule has 2 rings (SSSR count). The monoisotopic (exact) mass is 492 g/mol. The van der Waals surface area contributed by atoms with E-state index in [0.29, 0.717) is 27.2 Å². The maximum absolute atomic E-state index is 12.4. The predicted molar refractivity (Wildman–Crippen MR) is 113 cm³/mol. The van der Waals surface area contributed by atoms with E-state index in [1.54, 1.807) is 36.4 Å². The molecule has 0 atom stereocenters. The van der Waals surface area contributed by atoms with Gasteiger partial charge in [-0.05, 0) is 77.8 Å². The highest BCUT2D eigenvalue weighted by molar-refractivity contribution is 9.10. The summed E-state index contributed by atoms with van der Waals surface area (Å²) in [7, 11) is 1.54. The van der Waals surface area contributed by atoms with Crippen LogP contribution in [-0.4, -0.2) is 19.1 Å². The lowest BCUT2D eigenvalue weighted by Crippen LogP contribution is -2.13. The van der Waals surface area contributed by atoms with Crippen LogP contribution in [0.1, 0.15) is 19.4 Å². The first-order chi connectivity index (χ1) is 12.8. The van der Waals surface area contributed by atoms with Gasteiger partial charge in [-0.25, -0.2) is 0 Å². The van der Waals surface area contributed by atoms with Crippen molar-refractivity contribution >= 4 is 49.5 Å². The topological polar surface area (TPSA) is 71.3 Å². The molecule has 0 bridgehead atoms. The summed E-state index contributed by atoms with van der Waals surface area (Å²) in [5.74, 6) is 0.592. The molecule has 0 spiro atoms. The van der Waals surface area contributed by atoms with Crippen molar-refractivity contribution in [1.29, 1.82) is 5.26 Å². The molecule has 0 unspecified atom stereocenters. The lowest BCUT2D eigenvalue weighted by molar-refractivity contribution is -0.112. The van der Waals surface area contributed by atoms with Gasteiger partial charge in [0, 0.05) is 10.2 Å². The van der Waals surface area contributed by atoms with Crippen LogP contribution in [0, 0.1) is 11.3 Å². The van der Waals surface area contributed by atoms with E-state index in [0.717, 1.165) is 4.47 Å². The summed E-state index contributed by atoms with van der Waals surface area (Å²) in [6.07, 6.45) is 1.48. The SMILES string of the molecule is COc1cc(/C=C(\C#N)C(=O)Nc2ccc(Br)cc2)cc(Br)c1OC(C)C. The molecule has 0 aliphatic carbocycles. The minimum Gasteiger partial charge on any atom is -0.493 e. The molecular weight excluding hydrogens is 476 g/mol. The lowest BCUT2D eigenvalue weighted by atomic mass is 10.1. The van der Waals surface area contributed by atoms with Crippen molar-refractivity contribution in [3.8, 4) is 17.6 Å². The van der Waals surface area contributed by atoms with Crippen LogP contribution >= 0.6 is 31.9 Å². The van der Waals surface area contributed by atoms with Crippen LogP contribution in [0.5, 0.6) is 11.5 Å². The van der Waals surface area contributed by atoms with Gasteiger partial charge in [0.2, 0.25) is 0 Å². The molecule has 0 radical (unpaired) electrons. The van der Waals surface area contributed by atoms with Crippen molar-refractivity contribution in [2.75, 3.05) is 12.4 Å². The summed E-state index contributed by atoms with van der Waals surface area (Å²) in [4.78, 5) is 12.4. The molecule has 7 heteroatoms. The van der Waals surface area contributed by atoms with Crippen LogP contribution in [0.4, 0.5) is 5.69 Å². The standard InChI is InChI=1S/C20H18Br2N2O3/c1-12(2)27-19-17(22)9-13(10-18(19)26-3)8-14(11-23)20(25)24-16-6-4-15(21)5-7-16/h4-10,12H,1-3H3,(H,24,25)/b14-8+. The minimum absolute atomic E-state index is 0.0237. The number of amides is 1. The van der Waals surface area contributed by atoms with E-state index in [4.69, 9.17) is 9.47 Å². The number of carbonyl (C=O) groups excluding carboxylic acids is 1. The molecule has 1 N–H and O–H groups in total. The van der Waals surface area contributed by atoms with E-state index >= 15 is 0 Å². The second-order valence-corrected chi connectivity index (χ2v) is 7.60. The molecule has 0 saturated heterocycles. The number of benzene rings is 2. The molecule has 0 heterocycles. The van der Waals surface area contributed by atoms with E-state index in [1.807, 2.05) is 19.9 Å². The second kappa shape index (κ2) is 9.58. The average Bonchev–Trinajstić information content (AvgIpc) is 2.63. The smallest absolute Gasteiger partial charge is 0.266 e. The summed E-state index contributed by atoms with van der Waals surface area (Å²) >= 11 is 6.79. The third-order valence-electron chi connectivity index (χ3n) is 3.38. The lowest BCUT2D eigenvalue weighted by Gasteiger charge is -2.16. The molecule has 0 aliphatic rings. The zero-order valence-electron chi connectivity index (χ0n) is 15.0. The Morgan fingerprint density at radius 2 is 1.89 bits per heavy atom. The average molecular weight is 494 g/mol. The fourth-order valence-electron chi connectivity index (χ4n) is 2.22. The van der Waals surface area contributed by atoms with E-state index in [1.165, 1.54) is 13.2 Å². The van der Waals surface area contributed by atoms with E-state index in [9.17, 15) is 10.1 Å². The number of hydrogen-bond donors (Lipinski definition) is 1. The highest BCUT2D eigenvalue weighted by Crippen LogP contribution is 2.38. The van der Waals surface area contributed by atoms with Crippen LogP contribution < -0.4 is 14.8 Å². The molecule has 0 aliphatic heterocycles. The van der Waals surface area contributed by atoms with E-state index in [-0.39, 0.29) is 11.7 Å². The van der Waals surface area contributed by atoms with Crippen molar-refractivity contribution in [1.82, 2.24) is 0 Å². The summed E-state index contributed by atoms with van der Waals surface area (Å²) in [5, 5.41) is 12.1.